The van der Waals surface area contributed by atoms with Crippen molar-refractivity contribution in [3.05, 3.63) is 29.6 Å². The van der Waals surface area contributed by atoms with Crippen LogP contribution in [0.5, 0.6) is 0 Å². The zero-order chi connectivity index (χ0) is 15.7. The van der Waals surface area contributed by atoms with Crippen LogP contribution in [0.15, 0.2) is 18.2 Å². The molecule has 116 valence electrons. The number of likely N-dealkylation sites (tertiary alicyclic amines) is 1. The van der Waals surface area contributed by atoms with Gasteiger partial charge in [0, 0.05) is 25.9 Å². The smallest absolute Gasteiger partial charge is 0.340 e. The fraction of sp³-hybridized carbons (Fsp3) is 0.438. The van der Waals surface area contributed by atoms with Gasteiger partial charge in [-0.05, 0) is 25.0 Å². The molecule has 2 heterocycles. The second-order valence-corrected chi connectivity index (χ2v) is 5.60. The van der Waals surface area contributed by atoms with Gasteiger partial charge in [-0.25, -0.2) is 9.78 Å². The molecule has 3 rings (SSSR count). The Bertz CT molecular complexity index is 714. The number of aromatic nitrogens is 2. The van der Waals surface area contributed by atoms with E-state index >= 15 is 0 Å². The molecule has 2 aromatic rings. The topological polar surface area (TPSA) is 75.3 Å². The normalized spacial score (nSPS) is 16.0. The molecule has 22 heavy (non-hydrogen) atoms. The Kier molecular flexibility index (Phi) is 3.83. The minimum absolute atomic E-state index is 0.121. The number of rotatable bonds is 2. The quantitative estimate of drug-likeness (QED) is 0.862. The maximum atomic E-state index is 11.8. The average molecular weight is 301 g/mol. The van der Waals surface area contributed by atoms with Crippen molar-refractivity contribution in [1.29, 1.82) is 0 Å². The van der Waals surface area contributed by atoms with Crippen LogP contribution in [0.2, 0.25) is 0 Å². The summed E-state index contributed by atoms with van der Waals surface area (Å²) in [5.41, 5.74) is 1.97. The molecule has 1 amide bonds. The van der Waals surface area contributed by atoms with Gasteiger partial charge >= 0.3 is 5.97 Å². The number of hydrogen-bond donors (Lipinski definition) is 1. The van der Waals surface area contributed by atoms with Crippen LogP contribution in [0.25, 0.3) is 11.0 Å². The molecule has 0 atom stereocenters. The fourth-order valence-electron chi connectivity index (χ4n) is 2.99. The van der Waals surface area contributed by atoms with Crippen molar-refractivity contribution in [3.63, 3.8) is 0 Å². The highest BCUT2D eigenvalue weighted by molar-refractivity contribution is 6.01. The minimum Gasteiger partial charge on any atom is -0.465 e. The van der Waals surface area contributed by atoms with Gasteiger partial charge in [0.1, 0.15) is 11.3 Å². The second kappa shape index (κ2) is 5.79. The molecule has 1 aromatic heterocycles. The first-order valence-electron chi connectivity index (χ1n) is 7.42. The van der Waals surface area contributed by atoms with Crippen LogP contribution < -0.4 is 0 Å². The molecule has 1 aliphatic heterocycles. The zero-order valence-corrected chi connectivity index (χ0v) is 12.8. The fourth-order valence-corrected chi connectivity index (χ4v) is 2.99. The van der Waals surface area contributed by atoms with E-state index in [1.807, 2.05) is 17.0 Å². The van der Waals surface area contributed by atoms with Gasteiger partial charge in [0.2, 0.25) is 5.91 Å². The van der Waals surface area contributed by atoms with Gasteiger partial charge in [0.25, 0.3) is 0 Å². The van der Waals surface area contributed by atoms with Gasteiger partial charge in [0.05, 0.1) is 18.2 Å². The molecular formula is C16H19N3O3. The van der Waals surface area contributed by atoms with Crippen LogP contribution in [0.3, 0.4) is 0 Å². The van der Waals surface area contributed by atoms with Crippen LogP contribution >= 0.6 is 0 Å². The van der Waals surface area contributed by atoms with Gasteiger partial charge in [-0.2, -0.15) is 0 Å². The monoisotopic (exact) mass is 301 g/mol. The maximum absolute atomic E-state index is 11.8. The summed E-state index contributed by atoms with van der Waals surface area (Å²) in [6.07, 6.45) is 1.76. The SMILES string of the molecule is COC(=O)c1cccc2[nH]c(C3CCN(C(C)=O)CC3)nc12. The van der Waals surface area contributed by atoms with Gasteiger partial charge in [-0.1, -0.05) is 6.07 Å². The Labute approximate surface area is 128 Å². The van der Waals surface area contributed by atoms with E-state index in [0.717, 1.165) is 37.3 Å². The molecule has 1 fully saturated rings. The Morgan fingerprint density at radius 2 is 2.05 bits per heavy atom. The third-order valence-electron chi connectivity index (χ3n) is 4.26. The molecule has 6 nitrogen and oxygen atoms in total. The number of amides is 1. The summed E-state index contributed by atoms with van der Waals surface area (Å²) in [4.78, 5) is 33.0. The molecule has 1 aliphatic rings. The number of para-hydroxylation sites is 1. The standard InChI is InChI=1S/C16H19N3O3/c1-10(20)19-8-6-11(7-9-19)15-17-13-5-3-4-12(14(13)18-15)16(21)22-2/h3-5,11H,6-9H2,1-2H3,(H,17,18). The van der Waals surface area contributed by atoms with Crippen molar-refractivity contribution in [2.75, 3.05) is 20.2 Å². The number of nitrogens with one attached hydrogen (secondary N) is 1. The molecule has 0 saturated carbocycles. The number of esters is 1. The van der Waals surface area contributed by atoms with Crippen molar-refractivity contribution in [1.82, 2.24) is 14.9 Å². The first kappa shape index (κ1) is 14.6. The summed E-state index contributed by atoms with van der Waals surface area (Å²) in [5.74, 6) is 0.911. The predicted octanol–water partition coefficient (Wildman–Crippen LogP) is 2.08. The van der Waals surface area contributed by atoms with E-state index in [-0.39, 0.29) is 17.8 Å². The number of hydrogen-bond acceptors (Lipinski definition) is 4. The molecule has 6 heteroatoms. The van der Waals surface area contributed by atoms with Crippen LogP contribution in [-0.2, 0) is 9.53 Å². The first-order valence-corrected chi connectivity index (χ1v) is 7.42. The molecule has 0 spiro atoms. The number of imidazole rings is 1. The molecule has 1 saturated heterocycles. The van der Waals surface area contributed by atoms with Crippen molar-refractivity contribution >= 4 is 22.9 Å². The zero-order valence-electron chi connectivity index (χ0n) is 12.8. The van der Waals surface area contributed by atoms with Crippen molar-refractivity contribution < 1.29 is 14.3 Å². The average Bonchev–Trinajstić information content (AvgIpc) is 2.98. The summed E-state index contributed by atoms with van der Waals surface area (Å²) in [6, 6.07) is 5.44. The Morgan fingerprint density at radius 1 is 1.32 bits per heavy atom. The Hall–Kier alpha value is -2.37. The molecular weight excluding hydrogens is 282 g/mol. The van der Waals surface area contributed by atoms with E-state index in [9.17, 15) is 9.59 Å². The lowest BCUT2D eigenvalue weighted by Crippen LogP contribution is -2.36. The number of ether oxygens (including phenoxy) is 1. The summed E-state index contributed by atoms with van der Waals surface area (Å²) in [6.45, 7) is 3.10. The first-order chi connectivity index (χ1) is 10.6. The summed E-state index contributed by atoms with van der Waals surface area (Å²) in [5, 5.41) is 0. The minimum atomic E-state index is -0.380. The van der Waals surface area contributed by atoms with Crippen molar-refractivity contribution in [2.24, 2.45) is 0 Å². The van der Waals surface area contributed by atoms with E-state index in [0.29, 0.717) is 11.1 Å². The number of fused-ring (bicyclic) bond motifs is 1. The highest BCUT2D eigenvalue weighted by Gasteiger charge is 2.25. The van der Waals surface area contributed by atoms with E-state index in [1.54, 1.807) is 13.0 Å². The third-order valence-corrected chi connectivity index (χ3v) is 4.26. The maximum Gasteiger partial charge on any atom is 0.340 e. The van der Waals surface area contributed by atoms with Crippen LogP contribution in [0, 0.1) is 0 Å². The summed E-state index contributed by atoms with van der Waals surface area (Å²) >= 11 is 0. The molecule has 0 unspecified atom stereocenters. The molecule has 0 aliphatic carbocycles. The lowest BCUT2D eigenvalue weighted by atomic mass is 9.96. The van der Waals surface area contributed by atoms with Crippen molar-refractivity contribution in [2.45, 2.75) is 25.7 Å². The van der Waals surface area contributed by atoms with Gasteiger partial charge in [0.15, 0.2) is 0 Å². The number of benzene rings is 1. The lowest BCUT2D eigenvalue weighted by Gasteiger charge is -2.30. The largest absolute Gasteiger partial charge is 0.465 e. The predicted molar refractivity (Wildman–Crippen MR) is 81.7 cm³/mol. The summed E-state index contributed by atoms with van der Waals surface area (Å²) in [7, 11) is 1.37. The highest BCUT2D eigenvalue weighted by atomic mass is 16.5. The molecule has 0 radical (unpaired) electrons. The third kappa shape index (κ3) is 2.56. The second-order valence-electron chi connectivity index (χ2n) is 5.60. The lowest BCUT2D eigenvalue weighted by molar-refractivity contribution is -0.129. The Balaban J connectivity index is 1.87. The van der Waals surface area contributed by atoms with E-state index < -0.39 is 0 Å². The van der Waals surface area contributed by atoms with Crippen LogP contribution in [0.4, 0.5) is 0 Å². The van der Waals surface area contributed by atoms with E-state index in [1.165, 1.54) is 7.11 Å². The molecule has 1 aromatic carbocycles. The molecule has 1 N–H and O–H groups in total. The number of methoxy groups -OCH3 is 1. The van der Waals surface area contributed by atoms with E-state index in [4.69, 9.17) is 4.74 Å². The number of nitrogens with zero attached hydrogens (tertiary/aromatic N) is 2. The van der Waals surface area contributed by atoms with Crippen molar-refractivity contribution in [3.8, 4) is 0 Å². The number of piperidine rings is 1. The number of H-pyrrole nitrogens is 1. The van der Waals surface area contributed by atoms with Gasteiger partial charge < -0.3 is 14.6 Å². The Morgan fingerprint density at radius 3 is 2.68 bits per heavy atom. The number of aromatic amines is 1. The molecule has 0 bridgehead atoms. The number of carbonyl (C=O) groups is 2. The van der Waals surface area contributed by atoms with Gasteiger partial charge in [-0.15, -0.1) is 0 Å². The summed E-state index contributed by atoms with van der Waals surface area (Å²) < 4.78 is 4.80. The van der Waals surface area contributed by atoms with Gasteiger partial charge in [-0.3, -0.25) is 4.79 Å². The highest BCUT2D eigenvalue weighted by Crippen LogP contribution is 2.28. The number of carbonyl (C=O) groups excluding carboxylic acids is 2. The van der Waals surface area contributed by atoms with Crippen LogP contribution in [0.1, 0.15) is 41.9 Å². The van der Waals surface area contributed by atoms with Crippen LogP contribution in [-0.4, -0.2) is 46.9 Å². The van der Waals surface area contributed by atoms with E-state index in [2.05, 4.69) is 9.97 Å².